The maximum absolute atomic E-state index is 14.1. The van der Waals surface area contributed by atoms with Gasteiger partial charge in [0.25, 0.3) is 0 Å². The van der Waals surface area contributed by atoms with Crippen molar-refractivity contribution in [2.24, 2.45) is 5.73 Å². The van der Waals surface area contributed by atoms with Gasteiger partial charge in [0.1, 0.15) is 5.83 Å². The van der Waals surface area contributed by atoms with E-state index in [0.717, 1.165) is 38.0 Å². The van der Waals surface area contributed by atoms with Gasteiger partial charge < -0.3 is 10.6 Å². The molecule has 0 unspecified atom stereocenters. The predicted molar refractivity (Wildman–Crippen MR) is 66.2 cm³/mol. The maximum Gasteiger partial charge on any atom is 0.231 e. The molecule has 3 aliphatic rings. The summed E-state index contributed by atoms with van der Waals surface area (Å²) in [5, 5.41) is 0. The lowest BCUT2D eigenvalue weighted by Gasteiger charge is -2.46. The van der Waals surface area contributed by atoms with Gasteiger partial charge in [-0.15, -0.1) is 0 Å². The normalized spacial score (nSPS) is 31.5. The molecule has 0 aromatic carbocycles. The van der Waals surface area contributed by atoms with Crippen LogP contribution >= 0.6 is 0 Å². The first-order valence-corrected chi connectivity index (χ1v) is 6.52. The molecule has 3 rings (SSSR count). The summed E-state index contributed by atoms with van der Waals surface area (Å²) >= 11 is 0. The number of rotatable bonds is 2. The first-order chi connectivity index (χ1) is 8.66. The highest BCUT2D eigenvalue weighted by atomic mass is 19.1. The van der Waals surface area contributed by atoms with E-state index in [2.05, 4.69) is 4.90 Å². The Morgan fingerprint density at radius 1 is 1.56 bits per heavy atom. The lowest BCUT2D eigenvalue weighted by atomic mass is 9.96. The Kier molecular flexibility index (Phi) is 2.86. The summed E-state index contributed by atoms with van der Waals surface area (Å²) in [4.78, 5) is 15.4. The van der Waals surface area contributed by atoms with Gasteiger partial charge in [-0.25, -0.2) is 4.39 Å². The Bertz CT molecular complexity index is 432. The molecule has 98 valence electrons. The van der Waals surface area contributed by atoms with Crippen LogP contribution in [0.1, 0.15) is 19.3 Å². The average Bonchev–Trinajstić information content (AvgIpc) is 2.76. The number of nitrogens with zero attached hydrogens (tertiary/aromatic N) is 2. The summed E-state index contributed by atoms with van der Waals surface area (Å²) in [5.74, 6) is -0.483. The van der Waals surface area contributed by atoms with Crippen molar-refractivity contribution < 1.29 is 9.18 Å². The van der Waals surface area contributed by atoms with Crippen LogP contribution in [0.5, 0.6) is 0 Å². The minimum absolute atomic E-state index is 0.0168. The Morgan fingerprint density at radius 2 is 2.39 bits per heavy atom. The van der Waals surface area contributed by atoms with E-state index in [1.807, 2.05) is 11.0 Å². The number of halogens is 1. The topological polar surface area (TPSA) is 49.6 Å². The molecule has 0 saturated carbocycles. The fraction of sp³-hybridized carbons (Fsp3) is 0.615. The molecule has 0 spiro atoms. The van der Waals surface area contributed by atoms with Crippen LogP contribution in [-0.4, -0.2) is 47.4 Å². The number of fused-ring (bicyclic) bond motifs is 3. The molecule has 2 aliphatic heterocycles. The molecule has 2 N–H and O–H groups in total. The van der Waals surface area contributed by atoms with Crippen LogP contribution in [0.15, 0.2) is 23.7 Å². The molecular weight excluding hydrogens is 233 g/mol. The van der Waals surface area contributed by atoms with Crippen molar-refractivity contribution in [1.29, 1.82) is 0 Å². The number of nitrogens with two attached hydrogens (primary N) is 1. The van der Waals surface area contributed by atoms with Crippen molar-refractivity contribution >= 4 is 5.91 Å². The molecule has 1 amide bonds. The highest BCUT2D eigenvalue weighted by Gasteiger charge is 2.41. The van der Waals surface area contributed by atoms with Crippen molar-refractivity contribution in [3.05, 3.63) is 23.7 Å². The Balaban J connectivity index is 1.93. The fourth-order valence-electron chi connectivity index (χ4n) is 3.42. The number of hydrogen-bond acceptors (Lipinski definition) is 3. The van der Waals surface area contributed by atoms with E-state index in [1.165, 1.54) is 0 Å². The average molecular weight is 251 g/mol. The first kappa shape index (κ1) is 11.7. The minimum atomic E-state index is -0.337. The zero-order chi connectivity index (χ0) is 12.7. The molecule has 0 bridgehead atoms. The van der Waals surface area contributed by atoms with E-state index in [-0.39, 0.29) is 24.3 Å². The second kappa shape index (κ2) is 4.39. The molecule has 2 saturated heterocycles. The monoisotopic (exact) mass is 251 g/mol. The lowest BCUT2D eigenvalue weighted by molar-refractivity contribution is -0.120. The molecule has 2 atom stereocenters. The van der Waals surface area contributed by atoms with Crippen LogP contribution < -0.4 is 5.73 Å². The summed E-state index contributed by atoms with van der Waals surface area (Å²) < 4.78 is 14.1. The summed E-state index contributed by atoms with van der Waals surface area (Å²) in [6.07, 6.45) is 6.33. The second-order valence-electron chi connectivity index (χ2n) is 5.27. The van der Waals surface area contributed by atoms with Crippen molar-refractivity contribution in [3.63, 3.8) is 0 Å². The van der Waals surface area contributed by atoms with Crippen molar-refractivity contribution in [2.45, 2.75) is 31.3 Å². The van der Waals surface area contributed by atoms with Crippen LogP contribution in [0.2, 0.25) is 0 Å². The molecule has 0 aromatic rings. The van der Waals surface area contributed by atoms with E-state index in [9.17, 15) is 9.18 Å². The van der Waals surface area contributed by atoms with Crippen LogP contribution in [-0.2, 0) is 4.79 Å². The van der Waals surface area contributed by atoms with Crippen molar-refractivity contribution in [1.82, 2.24) is 9.80 Å². The number of allylic oxidation sites excluding steroid dienone is 2. The van der Waals surface area contributed by atoms with Gasteiger partial charge in [0, 0.05) is 19.1 Å². The summed E-state index contributed by atoms with van der Waals surface area (Å²) in [7, 11) is 0. The van der Waals surface area contributed by atoms with Crippen LogP contribution in [0, 0.1) is 0 Å². The van der Waals surface area contributed by atoms with E-state index >= 15 is 0 Å². The molecular formula is C13H18FN3O. The van der Waals surface area contributed by atoms with Crippen LogP contribution in [0.4, 0.5) is 4.39 Å². The van der Waals surface area contributed by atoms with E-state index in [4.69, 9.17) is 5.73 Å². The smallest absolute Gasteiger partial charge is 0.231 e. The third-order valence-electron chi connectivity index (χ3n) is 4.12. The van der Waals surface area contributed by atoms with Gasteiger partial charge in [-0.1, -0.05) is 6.08 Å². The second-order valence-corrected chi connectivity index (χ2v) is 5.27. The largest absolute Gasteiger partial charge is 0.369 e. The van der Waals surface area contributed by atoms with Crippen molar-refractivity contribution in [3.8, 4) is 0 Å². The zero-order valence-electron chi connectivity index (χ0n) is 10.3. The number of carbonyl (C=O) groups excluding carboxylic acids is 1. The quantitative estimate of drug-likeness (QED) is 0.788. The summed E-state index contributed by atoms with van der Waals surface area (Å²) in [6, 6.07) is 0.324. The number of hydrogen-bond donors (Lipinski definition) is 1. The van der Waals surface area contributed by atoms with Crippen molar-refractivity contribution in [2.75, 3.05) is 19.6 Å². The summed E-state index contributed by atoms with van der Waals surface area (Å²) in [6.45, 7) is 1.97. The summed E-state index contributed by atoms with van der Waals surface area (Å²) in [5.41, 5.74) is 6.07. The third kappa shape index (κ3) is 1.82. The SMILES string of the molecule is NC(=O)CN1C[C@@H]2CCCN2C2=C(F)C=CC[C@H]21. The number of piperazine rings is 1. The fourth-order valence-corrected chi connectivity index (χ4v) is 3.42. The van der Waals surface area contributed by atoms with Gasteiger partial charge in [-0.05, 0) is 25.3 Å². The van der Waals surface area contributed by atoms with Gasteiger partial charge in [0.15, 0.2) is 0 Å². The molecule has 2 heterocycles. The maximum atomic E-state index is 14.1. The molecule has 5 heteroatoms. The molecule has 1 aliphatic carbocycles. The third-order valence-corrected chi connectivity index (χ3v) is 4.12. The number of amides is 1. The van der Waals surface area contributed by atoms with Crippen LogP contribution in [0.3, 0.4) is 0 Å². The molecule has 18 heavy (non-hydrogen) atoms. The van der Waals surface area contributed by atoms with Gasteiger partial charge in [-0.3, -0.25) is 9.69 Å². The molecule has 0 aromatic heterocycles. The molecule has 0 radical (unpaired) electrons. The Labute approximate surface area is 106 Å². The Hall–Kier alpha value is -1.36. The van der Waals surface area contributed by atoms with Gasteiger partial charge in [0.05, 0.1) is 18.3 Å². The number of primary amides is 1. The predicted octanol–water partition coefficient (Wildman–Crippen LogP) is 0.761. The van der Waals surface area contributed by atoms with E-state index in [0.29, 0.717) is 6.04 Å². The highest BCUT2D eigenvalue weighted by molar-refractivity contribution is 5.76. The van der Waals surface area contributed by atoms with E-state index in [1.54, 1.807) is 6.08 Å². The van der Waals surface area contributed by atoms with Gasteiger partial charge >= 0.3 is 0 Å². The van der Waals surface area contributed by atoms with Crippen LogP contribution in [0.25, 0.3) is 0 Å². The standard InChI is InChI=1S/C13H18FN3O/c14-10-4-1-5-11-13(10)17-6-2-3-9(17)7-16(11)8-12(15)18/h1,4,9,11H,2-3,5-8H2,(H2,15,18)/t9-,11+/m0/s1. The first-order valence-electron chi connectivity index (χ1n) is 6.52. The zero-order valence-corrected chi connectivity index (χ0v) is 10.3. The lowest BCUT2D eigenvalue weighted by Crippen LogP contribution is -2.56. The highest BCUT2D eigenvalue weighted by Crippen LogP contribution is 2.37. The molecule has 4 nitrogen and oxygen atoms in total. The Morgan fingerprint density at radius 3 is 3.17 bits per heavy atom. The van der Waals surface area contributed by atoms with Gasteiger partial charge in [-0.2, -0.15) is 0 Å². The van der Waals surface area contributed by atoms with E-state index < -0.39 is 0 Å². The number of carbonyl (C=O) groups is 1. The van der Waals surface area contributed by atoms with Gasteiger partial charge in [0.2, 0.25) is 5.91 Å². The molecule has 2 fully saturated rings. The minimum Gasteiger partial charge on any atom is -0.369 e.